The highest BCUT2D eigenvalue weighted by atomic mass is 32.2. The lowest BCUT2D eigenvalue weighted by molar-refractivity contribution is 0.313. The van der Waals surface area contributed by atoms with Gasteiger partial charge in [-0.1, -0.05) is 30.3 Å². The summed E-state index contributed by atoms with van der Waals surface area (Å²) in [7, 11) is -3.49. The summed E-state index contributed by atoms with van der Waals surface area (Å²) >= 11 is 0. The molecule has 0 bridgehead atoms. The summed E-state index contributed by atoms with van der Waals surface area (Å²) in [5.74, 6) is -0.555. The second kappa shape index (κ2) is 4.91. The summed E-state index contributed by atoms with van der Waals surface area (Å²) in [4.78, 5) is 0. The second-order valence-corrected chi connectivity index (χ2v) is 4.72. The lowest BCUT2D eigenvalue weighted by Gasteiger charge is -2.08. The zero-order valence-corrected chi connectivity index (χ0v) is 9.07. The molecule has 1 rings (SSSR count). The smallest absolute Gasteiger partial charge is 0.264 e. The molecule has 1 atom stereocenters. The van der Waals surface area contributed by atoms with Gasteiger partial charge in [-0.3, -0.25) is 4.18 Å². The SMILES string of the molecule is CS(=O)(=O)OCC(C#N)c1ccccc1. The molecule has 0 aromatic heterocycles. The van der Waals surface area contributed by atoms with Crippen molar-refractivity contribution in [3.8, 4) is 6.07 Å². The van der Waals surface area contributed by atoms with Gasteiger partial charge >= 0.3 is 0 Å². The molecule has 4 nitrogen and oxygen atoms in total. The molecule has 0 spiro atoms. The van der Waals surface area contributed by atoms with Gasteiger partial charge < -0.3 is 0 Å². The molecule has 0 saturated carbocycles. The number of hydrogen-bond acceptors (Lipinski definition) is 4. The van der Waals surface area contributed by atoms with E-state index >= 15 is 0 Å². The Hall–Kier alpha value is -1.38. The molecule has 1 aromatic carbocycles. The quantitative estimate of drug-likeness (QED) is 0.724. The molecule has 0 aliphatic heterocycles. The molecular weight excluding hydrogens is 214 g/mol. The molecule has 5 heteroatoms. The lowest BCUT2D eigenvalue weighted by atomic mass is 10.0. The van der Waals surface area contributed by atoms with Crippen molar-refractivity contribution in [2.75, 3.05) is 12.9 Å². The molecule has 0 aliphatic carbocycles. The molecule has 0 N–H and O–H groups in total. The number of nitrogens with zero attached hydrogens (tertiary/aromatic N) is 1. The maximum absolute atomic E-state index is 10.8. The minimum atomic E-state index is -3.49. The van der Waals surface area contributed by atoms with Gasteiger partial charge in [0.1, 0.15) is 0 Å². The van der Waals surface area contributed by atoms with E-state index in [1.807, 2.05) is 12.1 Å². The minimum Gasteiger partial charge on any atom is -0.269 e. The first-order chi connectivity index (χ1) is 7.03. The summed E-state index contributed by atoms with van der Waals surface area (Å²) in [6.45, 7) is -0.140. The lowest BCUT2D eigenvalue weighted by Crippen LogP contribution is -2.10. The molecule has 1 aromatic rings. The average Bonchev–Trinajstić information content (AvgIpc) is 2.19. The zero-order valence-electron chi connectivity index (χ0n) is 8.25. The van der Waals surface area contributed by atoms with Crippen LogP contribution in [0.2, 0.25) is 0 Å². The van der Waals surface area contributed by atoms with Gasteiger partial charge in [-0.05, 0) is 5.56 Å². The van der Waals surface area contributed by atoms with Crippen molar-refractivity contribution in [1.82, 2.24) is 0 Å². The third-order valence-corrected chi connectivity index (χ3v) is 2.37. The zero-order chi connectivity index (χ0) is 11.3. The standard InChI is InChI=1S/C10H11NO3S/c1-15(12,13)14-8-10(7-11)9-5-3-2-4-6-9/h2-6,10H,8H2,1H3. The van der Waals surface area contributed by atoms with Crippen LogP contribution in [-0.4, -0.2) is 21.3 Å². The van der Waals surface area contributed by atoms with Crippen molar-refractivity contribution in [3.05, 3.63) is 35.9 Å². The molecule has 0 radical (unpaired) electrons. The van der Waals surface area contributed by atoms with E-state index in [4.69, 9.17) is 5.26 Å². The normalized spacial score (nSPS) is 13.1. The van der Waals surface area contributed by atoms with E-state index in [2.05, 4.69) is 4.18 Å². The van der Waals surface area contributed by atoms with Crippen LogP contribution in [0.25, 0.3) is 0 Å². The summed E-state index contributed by atoms with van der Waals surface area (Å²) < 4.78 is 26.1. The summed E-state index contributed by atoms with van der Waals surface area (Å²) in [5.41, 5.74) is 0.753. The monoisotopic (exact) mass is 225 g/mol. The first kappa shape index (κ1) is 11.7. The van der Waals surface area contributed by atoms with Gasteiger partial charge in [0.15, 0.2) is 0 Å². The van der Waals surface area contributed by atoms with E-state index in [1.165, 1.54) is 0 Å². The Labute approximate surface area is 89.2 Å². The highest BCUT2D eigenvalue weighted by molar-refractivity contribution is 7.85. The van der Waals surface area contributed by atoms with Crippen LogP contribution < -0.4 is 0 Å². The van der Waals surface area contributed by atoms with Gasteiger partial charge in [0.25, 0.3) is 10.1 Å². The minimum absolute atomic E-state index is 0.140. The fourth-order valence-electron chi connectivity index (χ4n) is 1.09. The van der Waals surface area contributed by atoms with Crippen molar-refractivity contribution in [1.29, 1.82) is 5.26 Å². The first-order valence-corrected chi connectivity index (χ1v) is 6.13. The number of benzene rings is 1. The molecule has 0 aliphatic rings. The number of nitriles is 1. The van der Waals surface area contributed by atoms with Gasteiger partial charge in [0.05, 0.1) is 24.8 Å². The van der Waals surface area contributed by atoms with Crippen molar-refractivity contribution < 1.29 is 12.6 Å². The van der Waals surface area contributed by atoms with Crippen LogP contribution in [0.5, 0.6) is 0 Å². The van der Waals surface area contributed by atoms with Gasteiger partial charge in [0.2, 0.25) is 0 Å². The van der Waals surface area contributed by atoms with Gasteiger partial charge in [-0.2, -0.15) is 13.7 Å². The Balaban J connectivity index is 2.71. The number of hydrogen-bond donors (Lipinski definition) is 0. The van der Waals surface area contributed by atoms with E-state index in [9.17, 15) is 8.42 Å². The van der Waals surface area contributed by atoms with E-state index < -0.39 is 16.0 Å². The highest BCUT2D eigenvalue weighted by Crippen LogP contribution is 2.15. The van der Waals surface area contributed by atoms with Crippen LogP contribution in [0.15, 0.2) is 30.3 Å². The van der Waals surface area contributed by atoms with Gasteiger partial charge in [-0.15, -0.1) is 0 Å². The third kappa shape index (κ3) is 4.11. The summed E-state index contributed by atoms with van der Waals surface area (Å²) in [5, 5.41) is 8.85. The Morgan fingerprint density at radius 2 is 2.00 bits per heavy atom. The Kier molecular flexibility index (Phi) is 3.83. The fourth-order valence-corrected chi connectivity index (χ4v) is 1.47. The van der Waals surface area contributed by atoms with E-state index in [0.717, 1.165) is 11.8 Å². The molecule has 1 unspecified atom stereocenters. The molecule has 0 saturated heterocycles. The van der Waals surface area contributed by atoms with Crippen molar-refractivity contribution >= 4 is 10.1 Å². The van der Waals surface area contributed by atoms with E-state index in [1.54, 1.807) is 24.3 Å². The topological polar surface area (TPSA) is 67.2 Å². The maximum atomic E-state index is 10.8. The third-order valence-electron chi connectivity index (χ3n) is 1.81. The van der Waals surface area contributed by atoms with E-state index in [0.29, 0.717) is 0 Å². The fraction of sp³-hybridized carbons (Fsp3) is 0.300. The van der Waals surface area contributed by atoms with Crippen LogP contribution in [0.3, 0.4) is 0 Å². The predicted molar refractivity (Wildman–Crippen MR) is 55.6 cm³/mol. The number of rotatable bonds is 4. The van der Waals surface area contributed by atoms with E-state index in [-0.39, 0.29) is 6.61 Å². The van der Waals surface area contributed by atoms with Crippen molar-refractivity contribution in [2.24, 2.45) is 0 Å². The van der Waals surface area contributed by atoms with Crippen LogP contribution in [0.1, 0.15) is 11.5 Å². The maximum Gasteiger partial charge on any atom is 0.264 e. The van der Waals surface area contributed by atoms with Crippen LogP contribution in [-0.2, 0) is 14.3 Å². The van der Waals surface area contributed by atoms with Crippen LogP contribution in [0.4, 0.5) is 0 Å². The van der Waals surface area contributed by atoms with Crippen molar-refractivity contribution in [3.63, 3.8) is 0 Å². The predicted octanol–water partition coefficient (Wildman–Crippen LogP) is 1.27. The van der Waals surface area contributed by atoms with Crippen LogP contribution >= 0.6 is 0 Å². The Morgan fingerprint density at radius 3 is 2.47 bits per heavy atom. The van der Waals surface area contributed by atoms with Crippen LogP contribution in [0, 0.1) is 11.3 Å². The Bertz CT molecular complexity index is 447. The molecular formula is C10H11NO3S. The highest BCUT2D eigenvalue weighted by Gasteiger charge is 2.13. The largest absolute Gasteiger partial charge is 0.269 e. The second-order valence-electron chi connectivity index (χ2n) is 3.08. The molecule has 0 fully saturated rings. The average molecular weight is 225 g/mol. The summed E-state index contributed by atoms with van der Waals surface area (Å²) in [6.07, 6.45) is 0.965. The molecule has 0 heterocycles. The van der Waals surface area contributed by atoms with Crippen molar-refractivity contribution in [2.45, 2.75) is 5.92 Å². The molecule has 15 heavy (non-hydrogen) atoms. The molecule has 80 valence electrons. The van der Waals surface area contributed by atoms with Gasteiger partial charge in [-0.25, -0.2) is 0 Å². The Morgan fingerprint density at radius 1 is 1.40 bits per heavy atom. The first-order valence-electron chi connectivity index (χ1n) is 4.32. The van der Waals surface area contributed by atoms with Gasteiger partial charge in [0, 0.05) is 0 Å². The summed E-state index contributed by atoms with van der Waals surface area (Å²) in [6, 6.07) is 10.9. The molecule has 0 amide bonds.